The molecule has 0 saturated carbocycles. The van der Waals surface area contributed by atoms with Crippen LogP contribution in [-0.2, 0) is 12.8 Å². The molecular weight excluding hydrogens is 292 g/mol. The molecule has 0 radical (unpaired) electrons. The first-order valence-corrected chi connectivity index (χ1v) is 8.63. The van der Waals surface area contributed by atoms with Gasteiger partial charge in [-0.1, -0.05) is 23.7 Å². The third-order valence-electron chi connectivity index (χ3n) is 5.18. The fourth-order valence-corrected chi connectivity index (χ4v) is 4.30. The molecule has 2 heterocycles. The number of benzene rings is 1. The zero-order valence-corrected chi connectivity index (χ0v) is 13.4. The molecule has 1 aliphatic heterocycles. The quantitative estimate of drug-likeness (QED) is 0.862. The van der Waals surface area contributed by atoms with Crippen molar-refractivity contribution in [2.75, 3.05) is 13.1 Å². The zero-order valence-electron chi connectivity index (χ0n) is 12.7. The van der Waals surface area contributed by atoms with E-state index in [1.165, 1.54) is 35.2 Å². The fraction of sp³-hybridized carbons (Fsp3) is 0.421. The van der Waals surface area contributed by atoms with Crippen molar-refractivity contribution in [1.29, 1.82) is 0 Å². The molecule has 114 valence electrons. The molecule has 1 fully saturated rings. The van der Waals surface area contributed by atoms with Crippen LogP contribution in [0, 0.1) is 5.92 Å². The van der Waals surface area contributed by atoms with Gasteiger partial charge in [-0.05, 0) is 79.6 Å². The highest BCUT2D eigenvalue weighted by atomic mass is 35.5. The van der Waals surface area contributed by atoms with Crippen LogP contribution in [0.3, 0.4) is 0 Å². The van der Waals surface area contributed by atoms with Gasteiger partial charge in [0.2, 0.25) is 0 Å². The summed E-state index contributed by atoms with van der Waals surface area (Å²) in [6, 6.07) is 10.8. The van der Waals surface area contributed by atoms with Crippen LogP contribution in [0.1, 0.15) is 41.1 Å². The predicted molar refractivity (Wildman–Crippen MR) is 90.5 cm³/mol. The number of nitrogens with one attached hydrogen (secondary N) is 1. The molecule has 1 N–H and O–H groups in total. The van der Waals surface area contributed by atoms with Gasteiger partial charge in [-0.25, -0.2) is 0 Å². The molecule has 1 atom stereocenters. The van der Waals surface area contributed by atoms with Crippen molar-refractivity contribution in [2.24, 2.45) is 5.92 Å². The molecule has 1 saturated heterocycles. The summed E-state index contributed by atoms with van der Waals surface area (Å²) < 4.78 is 0. The summed E-state index contributed by atoms with van der Waals surface area (Å²) in [5, 5.41) is 4.33. The third kappa shape index (κ3) is 2.55. The second-order valence-electron chi connectivity index (χ2n) is 6.46. The SMILES string of the molecule is Clc1ccc2c(c1)CCc1cccnc1C2C1CCNCC1. The van der Waals surface area contributed by atoms with Crippen molar-refractivity contribution in [3.05, 3.63) is 63.9 Å². The lowest BCUT2D eigenvalue weighted by Gasteiger charge is -2.32. The number of halogens is 1. The van der Waals surface area contributed by atoms with Crippen LogP contribution in [0.5, 0.6) is 0 Å². The highest BCUT2D eigenvalue weighted by Gasteiger charge is 2.32. The number of piperidine rings is 1. The van der Waals surface area contributed by atoms with Gasteiger partial charge in [-0.2, -0.15) is 0 Å². The summed E-state index contributed by atoms with van der Waals surface area (Å²) in [4.78, 5) is 4.80. The molecule has 4 rings (SSSR count). The smallest absolute Gasteiger partial charge is 0.0513 e. The Morgan fingerprint density at radius 2 is 1.86 bits per heavy atom. The lowest BCUT2D eigenvalue weighted by atomic mass is 9.77. The molecule has 22 heavy (non-hydrogen) atoms. The van der Waals surface area contributed by atoms with Crippen molar-refractivity contribution in [2.45, 2.75) is 31.6 Å². The van der Waals surface area contributed by atoms with Gasteiger partial charge in [0, 0.05) is 17.1 Å². The Labute approximate surface area is 136 Å². The largest absolute Gasteiger partial charge is 0.317 e. The minimum Gasteiger partial charge on any atom is -0.317 e. The molecule has 0 bridgehead atoms. The Morgan fingerprint density at radius 1 is 1.05 bits per heavy atom. The normalized spacial score (nSPS) is 21.8. The second kappa shape index (κ2) is 6.02. The van der Waals surface area contributed by atoms with E-state index in [0.29, 0.717) is 11.8 Å². The molecule has 2 aliphatic rings. The van der Waals surface area contributed by atoms with Gasteiger partial charge in [0.1, 0.15) is 0 Å². The first-order valence-electron chi connectivity index (χ1n) is 8.26. The van der Waals surface area contributed by atoms with Gasteiger partial charge < -0.3 is 5.32 Å². The van der Waals surface area contributed by atoms with Crippen LogP contribution < -0.4 is 5.32 Å². The van der Waals surface area contributed by atoms with Gasteiger partial charge in [-0.3, -0.25) is 4.98 Å². The molecule has 0 amide bonds. The summed E-state index contributed by atoms with van der Waals surface area (Å²) in [6.45, 7) is 2.23. The van der Waals surface area contributed by atoms with E-state index < -0.39 is 0 Å². The number of pyridine rings is 1. The Kier molecular flexibility index (Phi) is 3.89. The molecule has 1 aliphatic carbocycles. The lowest BCUT2D eigenvalue weighted by molar-refractivity contribution is 0.338. The fourth-order valence-electron chi connectivity index (χ4n) is 4.11. The molecule has 2 aromatic rings. The molecule has 1 aromatic heterocycles. The number of rotatable bonds is 1. The lowest BCUT2D eigenvalue weighted by Crippen LogP contribution is -2.31. The number of hydrogen-bond acceptors (Lipinski definition) is 2. The molecule has 2 nitrogen and oxygen atoms in total. The highest BCUT2D eigenvalue weighted by Crippen LogP contribution is 2.41. The second-order valence-corrected chi connectivity index (χ2v) is 6.89. The Balaban J connectivity index is 1.86. The van der Waals surface area contributed by atoms with E-state index in [1.807, 2.05) is 12.3 Å². The maximum Gasteiger partial charge on any atom is 0.0513 e. The van der Waals surface area contributed by atoms with Gasteiger partial charge in [0.25, 0.3) is 0 Å². The van der Waals surface area contributed by atoms with E-state index >= 15 is 0 Å². The standard InChI is InChI=1S/C19H21ClN2/c20-16-5-6-17-15(12-16)4-3-14-2-1-9-22-19(14)18(17)13-7-10-21-11-8-13/h1-2,5-6,9,12-13,18,21H,3-4,7-8,10-11H2. The van der Waals surface area contributed by atoms with Crippen LogP contribution in [0.2, 0.25) is 5.02 Å². The molecule has 1 unspecified atom stereocenters. The minimum atomic E-state index is 0.424. The van der Waals surface area contributed by atoms with Gasteiger partial charge in [0.15, 0.2) is 0 Å². The molecule has 3 heteroatoms. The van der Waals surface area contributed by atoms with E-state index in [1.54, 1.807) is 0 Å². The number of hydrogen-bond donors (Lipinski definition) is 1. The van der Waals surface area contributed by atoms with E-state index in [0.717, 1.165) is 31.0 Å². The first kappa shape index (κ1) is 14.2. The highest BCUT2D eigenvalue weighted by molar-refractivity contribution is 6.30. The average Bonchev–Trinajstić information content (AvgIpc) is 2.72. The topological polar surface area (TPSA) is 24.9 Å². The predicted octanol–water partition coefficient (Wildman–Crippen LogP) is 3.97. The van der Waals surface area contributed by atoms with Crippen molar-refractivity contribution in [1.82, 2.24) is 10.3 Å². The number of fused-ring (bicyclic) bond motifs is 2. The van der Waals surface area contributed by atoms with Gasteiger partial charge >= 0.3 is 0 Å². The van der Waals surface area contributed by atoms with E-state index in [-0.39, 0.29) is 0 Å². The maximum atomic E-state index is 6.25. The van der Waals surface area contributed by atoms with Crippen molar-refractivity contribution < 1.29 is 0 Å². The summed E-state index contributed by atoms with van der Waals surface area (Å²) in [5.41, 5.74) is 5.58. The number of aromatic nitrogens is 1. The molecule has 0 spiro atoms. The molecule has 1 aromatic carbocycles. The van der Waals surface area contributed by atoms with Crippen LogP contribution >= 0.6 is 11.6 Å². The van der Waals surface area contributed by atoms with Crippen LogP contribution in [-0.4, -0.2) is 18.1 Å². The van der Waals surface area contributed by atoms with E-state index in [4.69, 9.17) is 16.6 Å². The van der Waals surface area contributed by atoms with Crippen molar-refractivity contribution >= 4 is 11.6 Å². The Morgan fingerprint density at radius 3 is 2.73 bits per heavy atom. The van der Waals surface area contributed by atoms with Gasteiger partial charge in [0.05, 0.1) is 5.69 Å². The monoisotopic (exact) mass is 312 g/mol. The minimum absolute atomic E-state index is 0.424. The first-order chi connectivity index (χ1) is 10.8. The third-order valence-corrected chi connectivity index (χ3v) is 5.41. The van der Waals surface area contributed by atoms with Crippen LogP contribution in [0.15, 0.2) is 36.5 Å². The Bertz CT molecular complexity index is 677. The number of nitrogens with zero attached hydrogens (tertiary/aromatic N) is 1. The summed E-state index contributed by atoms with van der Waals surface area (Å²) in [6.07, 6.45) is 6.54. The zero-order chi connectivity index (χ0) is 14.9. The van der Waals surface area contributed by atoms with Crippen LogP contribution in [0.25, 0.3) is 0 Å². The van der Waals surface area contributed by atoms with Gasteiger partial charge in [-0.15, -0.1) is 0 Å². The van der Waals surface area contributed by atoms with E-state index in [2.05, 4.69) is 29.6 Å². The van der Waals surface area contributed by atoms with Crippen LogP contribution in [0.4, 0.5) is 0 Å². The summed E-state index contributed by atoms with van der Waals surface area (Å²) >= 11 is 6.25. The summed E-state index contributed by atoms with van der Waals surface area (Å²) in [7, 11) is 0. The van der Waals surface area contributed by atoms with E-state index in [9.17, 15) is 0 Å². The summed E-state index contributed by atoms with van der Waals surface area (Å²) in [5.74, 6) is 1.10. The molecular formula is C19H21ClN2. The maximum absolute atomic E-state index is 6.25. The Hall–Kier alpha value is -1.38. The van der Waals surface area contributed by atoms with Crippen molar-refractivity contribution in [3.63, 3.8) is 0 Å². The average molecular weight is 313 g/mol. The number of aryl methyl sites for hydroxylation is 2. The van der Waals surface area contributed by atoms with Crippen molar-refractivity contribution in [3.8, 4) is 0 Å².